The second kappa shape index (κ2) is 2.94. The molecule has 1 aromatic rings. The van der Waals surface area contributed by atoms with Crippen LogP contribution in [0.1, 0.15) is 0 Å². The van der Waals surface area contributed by atoms with E-state index in [1.54, 1.807) is 0 Å². The van der Waals surface area contributed by atoms with Gasteiger partial charge in [0, 0.05) is 4.90 Å². The molecule has 0 aliphatic rings. The second-order valence-corrected chi connectivity index (χ2v) is 6.17. The molecule has 0 bridgehead atoms. The lowest BCUT2D eigenvalue weighted by molar-refractivity contribution is 0.505. The van der Waals surface area contributed by atoms with Crippen LogP contribution in [0.15, 0.2) is 23.1 Å². The van der Waals surface area contributed by atoms with Crippen LogP contribution in [0.5, 0.6) is 0 Å². The van der Waals surface area contributed by atoms with Crippen LogP contribution in [0.2, 0.25) is 0 Å². The average Bonchev–Trinajstić information content (AvgIpc) is 1.92. The van der Waals surface area contributed by atoms with Crippen LogP contribution < -0.4 is 0 Å². The molecule has 4 heteroatoms. The predicted octanol–water partition coefficient (Wildman–Crippen LogP) is 1.60. The molecule has 1 rings (SSSR count). The topological polar surface area (TPSA) is 17.1 Å². The van der Waals surface area contributed by atoms with Crippen LogP contribution in [0.3, 0.4) is 0 Å². The fraction of sp³-hybridized carbons (Fsp3) is 0.250. The van der Waals surface area contributed by atoms with Crippen molar-refractivity contribution in [2.24, 2.45) is 0 Å². The van der Waals surface area contributed by atoms with Gasteiger partial charge in [0.25, 0.3) is 0 Å². The lowest BCUT2D eigenvalue weighted by Crippen LogP contribution is -2.06. The number of hydrogen-bond acceptors (Lipinski definition) is 1. The minimum Gasteiger partial charge on any atom is -0.281 e. The largest absolute Gasteiger partial charge is 0.281 e. The first-order valence-electron chi connectivity index (χ1n) is 3.42. The lowest BCUT2D eigenvalue weighted by atomic mass is 10.3. The van der Waals surface area contributed by atoms with Crippen LogP contribution in [0, 0.1) is 11.6 Å². The van der Waals surface area contributed by atoms with Crippen molar-refractivity contribution in [2.75, 3.05) is 12.5 Å². The van der Waals surface area contributed by atoms with E-state index in [0.29, 0.717) is 4.90 Å². The van der Waals surface area contributed by atoms with Crippen molar-refractivity contribution >= 4 is 9.93 Å². The molecule has 0 N–H and O–H groups in total. The molecule has 0 atom stereocenters. The maximum atomic E-state index is 12.6. The van der Waals surface area contributed by atoms with Gasteiger partial charge in [-0.2, -0.15) is 0 Å². The maximum Gasteiger partial charge on any atom is 0.159 e. The van der Waals surface area contributed by atoms with E-state index < -0.39 is 21.6 Å². The third-order valence-corrected chi connectivity index (χ3v) is 3.05. The van der Waals surface area contributed by atoms with Gasteiger partial charge in [0.1, 0.15) is 0 Å². The molecule has 0 aliphatic heterocycles. The molecule has 0 amide bonds. The molecule has 0 heterocycles. The van der Waals surface area contributed by atoms with Gasteiger partial charge >= 0.3 is 0 Å². The second-order valence-electron chi connectivity index (χ2n) is 2.95. The normalized spacial score (nSPS) is 13.0. The van der Waals surface area contributed by atoms with E-state index in [1.165, 1.54) is 18.6 Å². The van der Waals surface area contributed by atoms with Gasteiger partial charge in [-0.1, -0.05) is 9.93 Å². The molecule has 0 spiro atoms. The Morgan fingerprint density at radius 3 is 2.17 bits per heavy atom. The summed E-state index contributed by atoms with van der Waals surface area (Å²) in [7, 11) is -2.47. The minimum absolute atomic E-state index is 0.362. The van der Waals surface area contributed by atoms with Crippen molar-refractivity contribution in [3.05, 3.63) is 29.8 Å². The molecule has 0 aliphatic carbocycles. The SMILES string of the molecule is C[SH](C)(=O)c1ccc(F)c(F)c1. The van der Waals surface area contributed by atoms with Gasteiger partial charge < -0.3 is 0 Å². The molecule has 0 unspecified atom stereocenters. The summed E-state index contributed by atoms with van der Waals surface area (Å²) in [6.07, 6.45) is 3.03. The maximum absolute atomic E-state index is 12.6. The van der Waals surface area contributed by atoms with E-state index in [4.69, 9.17) is 0 Å². The Balaban J connectivity index is 3.23. The van der Waals surface area contributed by atoms with Crippen molar-refractivity contribution < 1.29 is 13.0 Å². The highest BCUT2D eigenvalue weighted by Crippen LogP contribution is 2.16. The predicted molar refractivity (Wildman–Crippen MR) is 46.0 cm³/mol. The standard InChI is InChI=1S/C8H10F2OS/c1-12(2,11)6-3-4-7(9)8(10)5-6/h3-5,12H,1-2H3. The first kappa shape index (κ1) is 9.32. The van der Waals surface area contributed by atoms with Gasteiger partial charge in [-0.25, -0.2) is 8.78 Å². The highest BCUT2D eigenvalue weighted by Gasteiger charge is 2.08. The first-order chi connectivity index (χ1) is 5.41. The van der Waals surface area contributed by atoms with Crippen LogP contribution in [0.4, 0.5) is 8.78 Å². The van der Waals surface area contributed by atoms with Crippen molar-refractivity contribution in [1.29, 1.82) is 0 Å². The average molecular weight is 192 g/mol. The zero-order chi connectivity index (χ0) is 9.35. The molecule has 12 heavy (non-hydrogen) atoms. The van der Waals surface area contributed by atoms with Gasteiger partial charge in [0.05, 0.1) is 0 Å². The molecule has 1 nitrogen and oxygen atoms in total. The fourth-order valence-corrected chi connectivity index (χ4v) is 1.68. The van der Waals surface area contributed by atoms with Crippen molar-refractivity contribution in [3.63, 3.8) is 0 Å². The summed E-state index contributed by atoms with van der Waals surface area (Å²) in [5.41, 5.74) is 0. The van der Waals surface area contributed by atoms with E-state index in [-0.39, 0.29) is 0 Å². The Kier molecular flexibility index (Phi) is 2.28. The molecule has 0 saturated carbocycles. The third kappa shape index (κ3) is 1.88. The van der Waals surface area contributed by atoms with E-state index in [1.807, 2.05) is 0 Å². The Morgan fingerprint density at radius 1 is 1.17 bits per heavy atom. The first-order valence-corrected chi connectivity index (χ1v) is 6.02. The molecule has 68 valence electrons. The number of hydrogen-bond donors (Lipinski definition) is 1. The summed E-state index contributed by atoms with van der Waals surface area (Å²) in [5, 5.41) is 0. The van der Waals surface area contributed by atoms with E-state index >= 15 is 0 Å². The van der Waals surface area contributed by atoms with E-state index in [0.717, 1.165) is 12.1 Å². The Bertz CT molecular complexity index is 343. The Hall–Kier alpha value is -0.770. The molecular formula is C8H10F2OS. The summed E-state index contributed by atoms with van der Waals surface area (Å²) >= 11 is 0. The van der Waals surface area contributed by atoms with Gasteiger partial charge in [-0.05, 0) is 30.7 Å². The van der Waals surface area contributed by atoms with E-state index in [2.05, 4.69) is 0 Å². The zero-order valence-electron chi connectivity index (χ0n) is 6.84. The highest BCUT2D eigenvalue weighted by atomic mass is 32.2. The van der Waals surface area contributed by atoms with Crippen molar-refractivity contribution in [3.8, 4) is 0 Å². The summed E-state index contributed by atoms with van der Waals surface area (Å²) in [5.74, 6) is -1.86. The minimum atomic E-state index is -2.47. The summed E-state index contributed by atoms with van der Waals surface area (Å²) in [6.45, 7) is 0. The molecule has 0 fully saturated rings. The quantitative estimate of drug-likeness (QED) is 0.669. The fourth-order valence-electron chi connectivity index (χ4n) is 0.820. The van der Waals surface area contributed by atoms with Gasteiger partial charge in [-0.15, -0.1) is 0 Å². The van der Waals surface area contributed by atoms with E-state index in [9.17, 15) is 13.0 Å². The molecular weight excluding hydrogens is 182 g/mol. The van der Waals surface area contributed by atoms with Crippen molar-refractivity contribution in [2.45, 2.75) is 4.90 Å². The number of thiol groups is 1. The van der Waals surface area contributed by atoms with Gasteiger partial charge in [0.15, 0.2) is 11.6 Å². The Morgan fingerprint density at radius 2 is 1.75 bits per heavy atom. The number of rotatable bonds is 1. The molecule has 1 aromatic carbocycles. The highest BCUT2D eigenvalue weighted by molar-refractivity contribution is 8.01. The van der Waals surface area contributed by atoms with Crippen LogP contribution >= 0.6 is 0 Å². The van der Waals surface area contributed by atoms with Crippen LogP contribution in [-0.2, 0) is 9.93 Å². The van der Waals surface area contributed by atoms with Crippen LogP contribution in [0.25, 0.3) is 0 Å². The Labute approximate surface area is 70.8 Å². The molecule has 0 aromatic heterocycles. The van der Waals surface area contributed by atoms with Gasteiger partial charge in [0.2, 0.25) is 0 Å². The zero-order valence-corrected chi connectivity index (χ0v) is 7.74. The van der Waals surface area contributed by atoms with Crippen LogP contribution in [-0.4, -0.2) is 16.7 Å². The lowest BCUT2D eigenvalue weighted by Gasteiger charge is -2.11. The number of benzene rings is 1. The summed E-state index contributed by atoms with van der Waals surface area (Å²) in [6, 6.07) is 3.32. The van der Waals surface area contributed by atoms with Gasteiger partial charge in [-0.3, -0.25) is 4.21 Å². The third-order valence-electron chi connectivity index (χ3n) is 1.52. The summed E-state index contributed by atoms with van der Waals surface area (Å²) < 4.78 is 36.4. The monoisotopic (exact) mass is 192 g/mol. The summed E-state index contributed by atoms with van der Waals surface area (Å²) in [4.78, 5) is 0.362. The number of halogens is 2. The molecule has 0 saturated heterocycles. The van der Waals surface area contributed by atoms with Crippen molar-refractivity contribution in [1.82, 2.24) is 0 Å². The molecule has 0 radical (unpaired) electrons. The smallest absolute Gasteiger partial charge is 0.159 e.